The molecule has 0 spiro atoms. The van der Waals surface area contributed by atoms with E-state index >= 15 is 0 Å². The highest BCUT2D eigenvalue weighted by Crippen LogP contribution is 2.17. The molecule has 2 rings (SSSR count). The largest absolute Gasteiger partial charge is 0.358 e. The first-order valence-corrected chi connectivity index (χ1v) is 4.85. The van der Waals surface area contributed by atoms with E-state index in [0.29, 0.717) is 10.8 Å². The van der Waals surface area contributed by atoms with Crippen LogP contribution in [-0.4, -0.2) is 9.49 Å². The van der Waals surface area contributed by atoms with E-state index in [1.807, 2.05) is 0 Å². The number of fused-ring (bicyclic) bond motifs is 1. The van der Waals surface area contributed by atoms with Crippen LogP contribution in [0.2, 0.25) is 0 Å². The topological polar surface area (TPSA) is 65.1 Å². The van der Waals surface area contributed by atoms with Crippen LogP contribution in [-0.2, 0) is 6.54 Å². The summed E-state index contributed by atoms with van der Waals surface area (Å²) >= 11 is 0. The summed E-state index contributed by atoms with van der Waals surface area (Å²) in [5, 5.41) is 11.8. The van der Waals surface area contributed by atoms with Crippen LogP contribution in [0.5, 0.6) is 0 Å². The molecule has 0 amide bonds. The summed E-state index contributed by atoms with van der Waals surface area (Å²) < 4.78 is 0.988. The van der Waals surface area contributed by atoms with Crippen LogP contribution in [0, 0.1) is 22.5 Å². The zero-order valence-corrected chi connectivity index (χ0v) is 8.79. The normalized spacial score (nSPS) is 10.1. The molecular weight excluding hydrogens is 220 g/mol. The van der Waals surface area contributed by atoms with Gasteiger partial charge in [-0.15, -0.1) is 6.42 Å². The molecule has 1 aromatic carbocycles. The van der Waals surface area contributed by atoms with Crippen LogP contribution >= 0.6 is 0 Å². The number of pyridine rings is 1. The van der Waals surface area contributed by atoms with Crippen molar-refractivity contribution in [2.75, 3.05) is 0 Å². The van der Waals surface area contributed by atoms with Gasteiger partial charge < -0.3 is 10.1 Å². The first kappa shape index (κ1) is 10.9. The van der Waals surface area contributed by atoms with Crippen molar-refractivity contribution in [3.63, 3.8) is 0 Å². The summed E-state index contributed by atoms with van der Waals surface area (Å²) in [6.45, 7) is -0.111. The van der Waals surface area contributed by atoms with Crippen molar-refractivity contribution in [1.29, 1.82) is 0 Å². The predicted molar refractivity (Wildman–Crippen MR) is 63.7 cm³/mol. The molecule has 2 aromatic rings. The maximum Gasteiger partial charge on any atom is 0.342 e. The van der Waals surface area contributed by atoms with Gasteiger partial charge in [-0.3, -0.25) is 0 Å². The van der Waals surface area contributed by atoms with Gasteiger partial charge in [0, 0.05) is 6.07 Å². The molecule has 17 heavy (non-hydrogen) atoms. The predicted octanol–water partition coefficient (Wildman–Crippen LogP) is 1.54. The third-order valence-electron chi connectivity index (χ3n) is 2.43. The van der Waals surface area contributed by atoms with Crippen molar-refractivity contribution in [3.8, 4) is 12.3 Å². The van der Waals surface area contributed by atoms with Gasteiger partial charge in [0.1, 0.15) is 0 Å². The van der Waals surface area contributed by atoms with Crippen molar-refractivity contribution >= 4 is 16.6 Å². The highest BCUT2D eigenvalue weighted by atomic mass is 16.6. The summed E-state index contributed by atoms with van der Waals surface area (Å²) in [6.07, 6.45) is 5.11. The average Bonchev–Trinajstić information content (AvgIpc) is 2.32. The zero-order chi connectivity index (χ0) is 12.4. The summed E-state index contributed by atoms with van der Waals surface area (Å²) in [6, 6.07) is 8.05. The molecule has 0 saturated carbocycles. The van der Waals surface area contributed by atoms with Gasteiger partial charge in [0.05, 0.1) is 5.39 Å². The fourth-order valence-electron chi connectivity index (χ4n) is 1.68. The third-order valence-corrected chi connectivity index (χ3v) is 2.43. The van der Waals surface area contributed by atoms with Crippen molar-refractivity contribution in [3.05, 3.63) is 50.8 Å². The van der Waals surface area contributed by atoms with Gasteiger partial charge >= 0.3 is 11.4 Å². The second kappa shape index (κ2) is 4.10. The molecule has 0 aliphatic carbocycles. The quantitative estimate of drug-likeness (QED) is 0.445. The molecule has 1 heterocycles. The lowest BCUT2D eigenvalue weighted by atomic mass is 10.1. The molecule has 0 saturated heterocycles. The Morgan fingerprint density at radius 1 is 1.41 bits per heavy atom. The molecule has 0 aliphatic heterocycles. The molecule has 0 fully saturated rings. The van der Waals surface area contributed by atoms with Crippen molar-refractivity contribution in [2.45, 2.75) is 6.54 Å². The Morgan fingerprint density at radius 2 is 2.12 bits per heavy atom. The first-order valence-electron chi connectivity index (χ1n) is 4.85. The molecule has 1 aromatic heterocycles. The minimum Gasteiger partial charge on any atom is -0.358 e. The second-order valence-electron chi connectivity index (χ2n) is 3.44. The Hall–Kier alpha value is -2.61. The monoisotopic (exact) mass is 228 g/mol. The van der Waals surface area contributed by atoms with Gasteiger partial charge in [-0.25, -0.2) is 4.79 Å². The van der Waals surface area contributed by atoms with E-state index in [-0.39, 0.29) is 12.4 Å². The summed E-state index contributed by atoms with van der Waals surface area (Å²) in [4.78, 5) is 22.3. The SMILES string of the molecule is C#CCn1c([N+](=O)[O-])cc2ccccc2c1=O. The number of nitrogens with zero attached hydrogens (tertiary/aromatic N) is 2. The zero-order valence-electron chi connectivity index (χ0n) is 8.79. The minimum atomic E-state index is -0.606. The smallest absolute Gasteiger partial charge is 0.342 e. The number of aromatic nitrogens is 1. The van der Waals surface area contributed by atoms with Crippen molar-refractivity contribution in [1.82, 2.24) is 4.57 Å². The lowest BCUT2D eigenvalue weighted by molar-refractivity contribution is -0.392. The summed E-state index contributed by atoms with van der Waals surface area (Å²) in [7, 11) is 0. The number of hydrogen-bond acceptors (Lipinski definition) is 3. The van der Waals surface area contributed by atoms with Crippen LogP contribution in [0.15, 0.2) is 35.1 Å². The first-order chi connectivity index (χ1) is 8.15. The molecule has 0 N–H and O–H groups in total. The Labute approximate surface area is 96.5 Å². The standard InChI is InChI=1S/C12H8N2O3/c1-2-7-13-11(14(16)17)8-9-5-3-4-6-10(9)12(13)15/h1,3-6,8H,7H2. The molecule has 0 bridgehead atoms. The fourth-order valence-corrected chi connectivity index (χ4v) is 1.68. The van der Waals surface area contributed by atoms with E-state index in [1.165, 1.54) is 6.07 Å². The average molecular weight is 228 g/mol. The van der Waals surface area contributed by atoms with E-state index in [2.05, 4.69) is 5.92 Å². The van der Waals surface area contributed by atoms with Crippen LogP contribution in [0.4, 0.5) is 5.82 Å². The number of benzene rings is 1. The van der Waals surface area contributed by atoms with E-state index in [1.54, 1.807) is 24.3 Å². The summed E-state index contributed by atoms with van der Waals surface area (Å²) in [5.74, 6) is 1.96. The molecular formula is C12H8N2O3. The molecule has 5 heteroatoms. The van der Waals surface area contributed by atoms with Crippen LogP contribution in [0.1, 0.15) is 0 Å². The van der Waals surface area contributed by atoms with Crippen LogP contribution < -0.4 is 5.56 Å². The van der Waals surface area contributed by atoms with Gasteiger partial charge in [0.25, 0.3) is 0 Å². The van der Waals surface area contributed by atoms with E-state index < -0.39 is 10.5 Å². The molecule has 0 aliphatic rings. The van der Waals surface area contributed by atoms with Crippen LogP contribution in [0.3, 0.4) is 0 Å². The van der Waals surface area contributed by atoms with Crippen molar-refractivity contribution in [2.24, 2.45) is 0 Å². The Morgan fingerprint density at radius 3 is 2.76 bits per heavy atom. The third kappa shape index (κ3) is 1.76. The van der Waals surface area contributed by atoms with E-state index in [9.17, 15) is 14.9 Å². The molecule has 0 radical (unpaired) electrons. The van der Waals surface area contributed by atoms with Crippen molar-refractivity contribution < 1.29 is 4.92 Å². The lowest BCUT2D eigenvalue weighted by Crippen LogP contribution is -2.22. The van der Waals surface area contributed by atoms with E-state index in [0.717, 1.165) is 4.57 Å². The molecule has 84 valence electrons. The Balaban J connectivity index is 2.90. The fraction of sp³-hybridized carbons (Fsp3) is 0.0833. The lowest BCUT2D eigenvalue weighted by Gasteiger charge is -2.04. The second-order valence-corrected chi connectivity index (χ2v) is 3.44. The highest BCUT2D eigenvalue weighted by molar-refractivity contribution is 5.83. The Bertz CT molecular complexity index is 695. The molecule has 5 nitrogen and oxygen atoms in total. The van der Waals surface area contributed by atoms with Gasteiger partial charge in [-0.2, -0.15) is 4.57 Å². The van der Waals surface area contributed by atoms with Gasteiger partial charge in [0.15, 0.2) is 6.54 Å². The van der Waals surface area contributed by atoms with E-state index in [4.69, 9.17) is 6.42 Å². The summed E-state index contributed by atoms with van der Waals surface area (Å²) in [5.41, 5.74) is -0.437. The van der Waals surface area contributed by atoms with Crippen LogP contribution in [0.25, 0.3) is 10.8 Å². The molecule has 0 atom stereocenters. The number of nitro groups is 1. The highest BCUT2D eigenvalue weighted by Gasteiger charge is 2.17. The van der Waals surface area contributed by atoms with Gasteiger partial charge in [-0.1, -0.05) is 24.1 Å². The Kier molecular flexibility index (Phi) is 2.63. The van der Waals surface area contributed by atoms with Gasteiger partial charge in [0.2, 0.25) is 0 Å². The maximum absolute atomic E-state index is 12.0. The van der Waals surface area contributed by atoms with Gasteiger partial charge in [-0.05, 0) is 16.4 Å². The number of hydrogen-bond donors (Lipinski definition) is 0. The maximum atomic E-state index is 12.0. The number of rotatable bonds is 2. The number of terminal acetylenes is 1. The minimum absolute atomic E-state index is 0.111. The molecule has 0 unspecified atom stereocenters.